The quantitative estimate of drug-likeness (QED) is 0.820. The molecule has 1 aromatic carbocycles. The standard InChI is InChI=1S/C12H14BrNO/c1-14-7-6-12(15)11(14)8-9-2-4-10(13)5-3-9/h2-5,11H,6-8H2,1H3. The van der Waals surface area contributed by atoms with Crippen molar-refractivity contribution in [2.45, 2.75) is 18.9 Å². The van der Waals surface area contributed by atoms with E-state index in [1.165, 1.54) is 5.56 Å². The van der Waals surface area contributed by atoms with Gasteiger partial charge in [0.2, 0.25) is 0 Å². The van der Waals surface area contributed by atoms with E-state index < -0.39 is 0 Å². The van der Waals surface area contributed by atoms with Gasteiger partial charge in [0.05, 0.1) is 6.04 Å². The fraction of sp³-hybridized carbons (Fsp3) is 0.417. The maximum atomic E-state index is 11.6. The SMILES string of the molecule is CN1CCC(=O)C1Cc1ccc(Br)cc1. The smallest absolute Gasteiger partial charge is 0.151 e. The number of ketones is 1. The van der Waals surface area contributed by atoms with Gasteiger partial charge in [0.1, 0.15) is 0 Å². The van der Waals surface area contributed by atoms with Crippen LogP contribution in [0.15, 0.2) is 28.7 Å². The summed E-state index contributed by atoms with van der Waals surface area (Å²) >= 11 is 3.40. The predicted molar refractivity (Wildman–Crippen MR) is 63.9 cm³/mol. The zero-order valence-corrected chi connectivity index (χ0v) is 10.3. The molecule has 3 heteroatoms. The van der Waals surface area contributed by atoms with Gasteiger partial charge in [0.15, 0.2) is 5.78 Å². The molecule has 1 atom stereocenters. The molecule has 1 aliphatic heterocycles. The number of nitrogens with zero attached hydrogens (tertiary/aromatic N) is 1. The zero-order chi connectivity index (χ0) is 10.8. The zero-order valence-electron chi connectivity index (χ0n) is 8.74. The molecule has 0 N–H and O–H groups in total. The highest BCUT2D eigenvalue weighted by atomic mass is 79.9. The molecule has 1 aliphatic rings. The van der Waals surface area contributed by atoms with Gasteiger partial charge >= 0.3 is 0 Å². The molecule has 0 aromatic heterocycles. The number of carbonyl (C=O) groups is 1. The summed E-state index contributed by atoms with van der Waals surface area (Å²) in [6.45, 7) is 0.903. The minimum atomic E-state index is 0.0891. The van der Waals surface area contributed by atoms with E-state index in [1.807, 2.05) is 19.2 Å². The molecule has 1 aromatic rings. The number of hydrogen-bond donors (Lipinski definition) is 0. The lowest BCUT2D eigenvalue weighted by molar-refractivity contribution is -0.119. The first kappa shape index (κ1) is 10.8. The normalized spacial score (nSPS) is 22.3. The Morgan fingerprint density at radius 2 is 2.07 bits per heavy atom. The van der Waals surface area contributed by atoms with Crippen LogP contribution >= 0.6 is 15.9 Å². The van der Waals surface area contributed by atoms with Crippen molar-refractivity contribution in [2.24, 2.45) is 0 Å². The lowest BCUT2D eigenvalue weighted by atomic mass is 10.0. The Morgan fingerprint density at radius 1 is 1.40 bits per heavy atom. The molecule has 15 heavy (non-hydrogen) atoms. The highest BCUT2D eigenvalue weighted by Gasteiger charge is 2.29. The first-order chi connectivity index (χ1) is 7.16. The molecule has 2 rings (SSSR count). The average Bonchev–Trinajstić information content (AvgIpc) is 2.53. The second-order valence-corrected chi connectivity index (χ2v) is 4.96. The van der Waals surface area contributed by atoms with Crippen LogP contribution in [-0.2, 0) is 11.2 Å². The number of hydrogen-bond acceptors (Lipinski definition) is 2. The average molecular weight is 268 g/mol. The molecular formula is C12H14BrNO. The van der Waals surface area contributed by atoms with Crippen molar-refractivity contribution < 1.29 is 4.79 Å². The molecule has 2 nitrogen and oxygen atoms in total. The lowest BCUT2D eigenvalue weighted by Gasteiger charge is -2.17. The molecule has 80 valence electrons. The monoisotopic (exact) mass is 267 g/mol. The van der Waals surface area contributed by atoms with Gasteiger partial charge in [-0.25, -0.2) is 0 Å². The number of likely N-dealkylation sites (tertiary alicyclic amines) is 1. The fourth-order valence-electron chi connectivity index (χ4n) is 1.97. The molecule has 1 saturated heterocycles. The van der Waals surface area contributed by atoms with E-state index >= 15 is 0 Å². The van der Waals surface area contributed by atoms with Crippen LogP contribution in [0.5, 0.6) is 0 Å². The van der Waals surface area contributed by atoms with E-state index in [0.29, 0.717) is 12.2 Å². The Hall–Kier alpha value is -0.670. The Labute approximate surface area is 98.4 Å². The van der Waals surface area contributed by atoms with Crippen LogP contribution in [0.1, 0.15) is 12.0 Å². The third-order valence-corrected chi connectivity index (χ3v) is 3.49. The van der Waals surface area contributed by atoms with Crippen molar-refractivity contribution in [2.75, 3.05) is 13.6 Å². The maximum absolute atomic E-state index is 11.6. The van der Waals surface area contributed by atoms with E-state index in [1.54, 1.807) is 0 Å². The van der Waals surface area contributed by atoms with Crippen molar-refractivity contribution in [3.05, 3.63) is 34.3 Å². The van der Waals surface area contributed by atoms with Crippen molar-refractivity contribution >= 4 is 21.7 Å². The molecule has 1 unspecified atom stereocenters. The van der Waals surface area contributed by atoms with Gasteiger partial charge in [-0.3, -0.25) is 9.69 Å². The molecule has 1 fully saturated rings. The second kappa shape index (κ2) is 4.45. The van der Waals surface area contributed by atoms with E-state index in [4.69, 9.17) is 0 Å². The molecule has 0 amide bonds. The van der Waals surface area contributed by atoms with Crippen LogP contribution < -0.4 is 0 Å². The maximum Gasteiger partial charge on any atom is 0.151 e. The molecule has 0 bridgehead atoms. The minimum Gasteiger partial charge on any atom is -0.298 e. The van der Waals surface area contributed by atoms with Gasteiger partial charge in [-0.05, 0) is 31.2 Å². The molecule has 0 radical (unpaired) electrons. The van der Waals surface area contributed by atoms with Crippen molar-refractivity contribution in [1.82, 2.24) is 4.90 Å². The van der Waals surface area contributed by atoms with Gasteiger partial charge in [-0.1, -0.05) is 28.1 Å². The molecule has 0 aliphatic carbocycles. The summed E-state index contributed by atoms with van der Waals surface area (Å²) in [5.74, 6) is 0.375. The van der Waals surface area contributed by atoms with Crippen molar-refractivity contribution in [3.63, 3.8) is 0 Å². The third kappa shape index (κ3) is 2.47. The van der Waals surface area contributed by atoms with E-state index in [0.717, 1.165) is 17.4 Å². The Balaban J connectivity index is 2.08. The number of rotatable bonds is 2. The summed E-state index contributed by atoms with van der Waals surface area (Å²) in [5.41, 5.74) is 1.23. The molecular weight excluding hydrogens is 254 g/mol. The highest BCUT2D eigenvalue weighted by Crippen LogP contribution is 2.18. The third-order valence-electron chi connectivity index (χ3n) is 2.96. The Bertz CT molecular complexity index is 360. The summed E-state index contributed by atoms with van der Waals surface area (Å²) in [4.78, 5) is 13.7. The lowest BCUT2D eigenvalue weighted by Crippen LogP contribution is -2.31. The van der Waals surface area contributed by atoms with Gasteiger partial charge < -0.3 is 0 Å². The van der Waals surface area contributed by atoms with Crippen LogP contribution in [0.2, 0.25) is 0 Å². The highest BCUT2D eigenvalue weighted by molar-refractivity contribution is 9.10. The topological polar surface area (TPSA) is 20.3 Å². The molecule has 1 heterocycles. The van der Waals surface area contributed by atoms with Gasteiger partial charge in [-0.15, -0.1) is 0 Å². The number of halogens is 1. The largest absolute Gasteiger partial charge is 0.298 e. The summed E-state index contributed by atoms with van der Waals surface area (Å²) in [5, 5.41) is 0. The van der Waals surface area contributed by atoms with Crippen molar-refractivity contribution in [1.29, 1.82) is 0 Å². The van der Waals surface area contributed by atoms with Gasteiger partial charge in [0, 0.05) is 17.4 Å². The fourth-order valence-corrected chi connectivity index (χ4v) is 2.23. The number of benzene rings is 1. The van der Waals surface area contributed by atoms with Crippen LogP contribution in [0, 0.1) is 0 Å². The number of likely N-dealkylation sites (N-methyl/N-ethyl adjacent to an activating group) is 1. The van der Waals surface area contributed by atoms with Gasteiger partial charge in [0.25, 0.3) is 0 Å². The van der Waals surface area contributed by atoms with Crippen LogP contribution in [0.4, 0.5) is 0 Å². The predicted octanol–water partition coefficient (Wildman–Crippen LogP) is 2.26. The van der Waals surface area contributed by atoms with Crippen LogP contribution in [0.25, 0.3) is 0 Å². The van der Waals surface area contributed by atoms with E-state index in [9.17, 15) is 4.79 Å². The van der Waals surface area contributed by atoms with Crippen LogP contribution in [-0.4, -0.2) is 30.3 Å². The van der Waals surface area contributed by atoms with E-state index in [-0.39, 0.29) is 6.04 Å². The van der Waals surface area contributed by atoms with Gasteiger partial charge in [-0.2, -0.15) is 0 Å². The minimum absolute atomic E-state index is 0.0891. The summed E-state index contributed by atoms with van der Waals surface area (Å²) in [6.07, 6.45) is 1.54. The number of Topliss-reactive ketones (excluding diaryl/α,β-unsaturated/α-hetero) is 1. The Morgan fingerprint density at radius 3 is 2.60 bits per heavy atom. The molecule has 0 saturated carbocycles. The number of carbonyl (C=O) groups excluding carboxylic acids is 1. The Kier molecular flexibility index (Phi) is 3.22. The summed E-state index contributed by atoms with van der Waals surface area (Å²) in [6, 6.07) is 8.28. The van der Waals surface area contributed by atoms with E-state index in [2.05, 4.69) is 33.0 Å². The second-order valence-electron chi connectivity index (χ2n) is 4.04. The summed E-state index contributed by atoms with van der Waals surface area (Å²) < 4.78 is 1.08. The van der Waals surface area contributed by atoms with Crippen LogP contribution in [0.3, 0.4) is 0 Å². The van der Waals surface area contributed by atoms with Crippen molar-refractivity contribution in [3.8, 4) is 0 Å². The first-order valence-electron chi connectivity index (χ1n) is 5.14. The first-order valence-corrected chi connectivity index (χ1v) is 5.93. The summed E-state index contributed by atoms with van der Waals surface area (Å²) in [7, 11) is 2.02. The molecule has 0 spiro atoms.